The molecule has 3 rings (SSSR count). The quantitative estimate of drug-likeness (QED) is 0.468. The zero-order chi connectivity index (χ0) is 19.2. The lowest BCUT2D eigenvalue weighted by atomic mass is 10.1. The molecule has 0 saturated carbocycles. The maximum absolute atomic E-state index is 12.2. The van der Waals surface area contributed by atoms with Crippen LogP contribution in [0.5, 0.6) is 0 Å². The Labute approximate surface area is 161 Å². The van der Waals surface area contributed by atoms with Gasteiger partial charge in [0.1, 0.15) is 0 Å². The molecule has 7 nitrogen and oxygen atoms in total. The van der Waals surface area contributed by atoms with Crippen molar-refractivity contribution in [3.05, 3.63) is 48.2 Å². The summed E-state index contributed by atoms with van der Waals surface area (Å²) in [5, 5.41) is 11.9. The molecular weight excluding hydrogens is 364 g/mol. The molecule has 1 aromatic carbocycles. The van der Waals surface area contributed by atoms with Crippen molar-refractivity contribution in [2.24, 2.45) is 0 Å². The highest BCUT2D eigenvalue weighted by Gasteiger charge is 2.17. The fourth-order valence-electron chi connectivity index (χ4n) is 2.52. The highest BCUT2D eigenvalue weighted by molar-refractivity contribution is 7.99. The van der Waals surface area contributed by atoms with Gasteiger partial charge < -0.3 is 9.73 Å². The van der Waals surface area contributed by atoms with Gasteiger partial charge in [0, 0.05) is 17.8 Å². The van der Waals surface area contributed by atoms with Crippen molar-refractivity contribution in [3.63, 3.8) is 0 Å². The molecule has 3 aromatic rings. The van der Waals surface area contributed by atoms with E-state index in [1.54, 1.807) is 36.6 Å². The van der Waals surface area contributed by atoms with Crippen LogP contribution in [-0.4, -0.2) is 32.2 Å². The first-order valence-electron chi connectivity index (χ1n) is 8.59. The lowest BCUT2D eigenvalue weighted by molar-refractivity contribution is -0.113. The van der Waals surface area contributed by atoms with E-state index in [1.807, 2.05) is 10.6 Å². The van der Waals surface area contributed by atoms with Crippen molar-refractivity contribution in [1.82, 2.24) is 14.8 Å². The number of rotatable bonds is 8. The normalized spacial score (nSPS) is 10.7. The number of thioether (sulfide) groups is 1. The summed E-state index contributed by atoms with van der Waals surface area (Å²) in [6.07, 6.45) is 2.51. The van der Waals surface area contributed by atoms with E-state index in [-0.39, 0.29) is 17.4 Å². The minimum atomic E-state index is -0.152. The molecule has 0 bridgehead atoms. The Morgan fingerprint density at radius 1 is 1.19 bits per heavy atom. The van der Waals surface area contributed by atoms with Gasteiger partial charge in [-0.2, -0.15) is 0 Å². The molecular formula is C19H20N4O3S. The molecule has 0 aliphatic heterocycles. The van der Waals surface area contributed by atoms with Crippen LogP contribution in [0.1, 0.15) is 30.6 Å². The summed E-state index contributed by atoms with van der Waals surface area (Å²) in [6.45, 7) is 4.31. The Hall–Kier alpha value is -2.87. The molecule has 0 saturated heterocycles. The van der Waals surface area contributed by atoms with E-state index in [1.165, 1.54) is 18.7 Å². The van der Waals surface area contributed by atoms with E-state index in [0.717, 1.165) is 13.0 Å². The minimum absolute atomic E-state index is 0.00828. The molecule has 0 spiro atoms. The summed E-state index contributed by atoms with van der Waals surface area (Å²) in [5.41, 5.74) is 1.26. The third kappa shape index (κ3) is 4.65. The third-order valence-corrected chi connectivity index (χ3v) is 4.78. The summed E-state index contributed by atoms with van der Waals surface area (Å²) >= 11 is 1.32. The standard InChI is InChI=1S/C19H20N4O3S/c1-3-10-23-18(16-5-4-11-26-16)21-22-19(23)27-12-17(25)20-15-8-6-14(7-9-15)13(2)24/h4-9,11H,3,10,12H2,1-2H3,(H,20,25). The Bertz CT molecular complexity index is 917. The number of aromatic nitrogens is 3. The van der Waals surface area contributed by atoms with Crippen LogP contribution >= 0.6 is 11.8 Å². The molecule has 1 amide bonds. The van der Waals surface area contributed by atoms with E-state index < -0.39 is 0 Å². The van der Waals surface area contributed by atoms with Gasteiger partial charge in [-0.15, -0.1) is 10.2 Å². The molecule has 27 heavy (non-hydrogen) atoms. The number of nitrogens with zero attached hydrogens (tertiary/aromatic N) is 3. The zero-order valence-electron chi connectivity index (χ0n) is 15.1. The third-order valence-electron chi connectivity index (χ3n) is 3.81. The summed E-state index contributed by atoms with van der Waals surface area (Å²) in [6, 6.07) is 10.5. The maximum atomic E-state index is 12.2. The van der Waals surface area contributed by atoms with Crippen molar-refractivity contribution in [2.45, 2.75) is 32.0 Å². The Kier molecular flexibility index (Phi) is 6.08. The van der Waals surface area contributed by atoms with Gasteiger partial charge >= 0.3 is 0 Å². The van der Waals surface area contributed by atoms with Crippen LogP contribution in [-0.2, 0) is 11.3 Å². The van der Waals surface area contributed by atoms with Gasteiger partial charge in [-0.25, -0.2) is 0 Å². The molecule has 140 valence electrons. The van der Waals surface area contributed by atoms with Gasteiger partial charge in [0.2, 0.25) is 5.91 Å². The fraction of sp³-hybridized carbons (Fsp3) is 0.263. The first-order valence-corrected chi connectivity index (χ1v) is 9.57. The van der Waals surface area contributed by atoms with E-state index in [4.69, 9.17) is 4.42 Å². The number of benzene rings is 1. The predicted molar refractivity (Wildman–Crippen MR) is 104 cm³/mol. The number of hydrogen-bond donors (Lipinski definition) is 1. The van der Waals surface area contributed by atoms with Crippen molar-refractivity contribution >= 4 is 29.1 Å². The van der Waals surface area contributed by atoms with E-state index in [9.17, 15) is 9.59 Å². The molecule has 0 aliphatic carbocycles. The number of nitrogens with one attached hydrogen (secondary N) is 1. The lowest BCUT2D eigenvalue weighted by Gasteiger charge is -2.08. The number of Topliss-reactive ketones (excluding diaryl/α,β-unsaturated/α-hetero) is 1. The Morgan fingerprint density at radius 2 is 1.96 bits per heavy atom. The van der Waals surface area contributed by atoms with Gasteiger partial charge in [0.15, 0.2) is 22.5 Å². The minimum Gasteiger partial charge on any atom is -0.461 e. The SMILES string of the molecule is CCCn1c(SCC(=O)Nc2ccc(C(C)=O)cc2)nnc1-c1ccco1. The number of hydrogen-bond acceptors (Lipinski definition) is 6. The van der Waals surface area contributed by atoms with Crippen LogP contribution in [0.15, 0.2) is 52.2 Å². The molecule has 2 aromatic heterocycles. The van der Waals surface area contributed by atoms with Crippen molar-refractivity contribution in [2.75, 3.05) is 11.1 Å². The number of carbonyl (C=O) groups excluding carboxylic acids is 2. The van der Waals surface area contributed by atoms with Crippen molar-refractivity contribution in [3.8, 4) is 11.6 Å². The molecule has 0 atom stereocenters. The maximum Gasteiger partial charge on any atom is 0.234 e. The summed E-state index contributed by atoms with van der Waals surface area (Å²) in [5.74, 6) is 1.35. The second-order valence-electron chi connectivity index (χ2n) is 5.91. The van der Waals surface area contributed by atoms with Gasteiger partial charge in [-0.3, -0.25) is 14.2 Å². The van der Waals surface area contributed by atoms with Crippen molar-refractivity contribution < 1.29 is 14.0 Å². The zero-order valence-corrected chi connectivity index (χ0v) is 16.0. The summed E-state index contributed by atoms with van der Waals surface area (Å²) in [7, 11) is 0. The largest absolute Gasteiger partial charge is 0.461 e. The second-order valence-corrected chi connectivity index (χ2v) is 6.85. The van der Waals surface area contributed by atoms with Crippen LogP contribution in [0.3, 0.4) is 0 Å². The lowest BCUT2D eigenvalue weighted by Crippen LogP contribution is -2.14. The molecule has 1 N–H and O–H groups in total. The van der Waals surface area contributed by atoms with Gasteiger partial charge in [-0.05, 0) is 49.7 Å². The molecule has 0 fully saturated rings. The van der Waals surface area contributed by atoms with Crippen LogP contribution in [0.2, 0.25) is 0 Å². The number of anilines is 1. The van der Waals surface area contributed by atoms with Crippen LogP contribution in [0.25, 0.3) is 11.6 Å². The molecule has 2 heterocycles. The molecule has 8 heteroatoms. The first kappa shape index (κ1) is 18.9. The Morgan fingerprint density at radius 3 is 2.59 bits per heavy atom. The van der Waals surface area contributed by atoms with E-state index >= 15 is 0 Å². The average Bonchev–Trinajstić information content (AvgIpc) is 3.30. The van der Waals surface area contributed by atoms with Gasteiger partial charge in [-0.1, -0.05) is 18.7 Å². The van der Waals surface area contributed by atoms with Crippen LogP contribution < -0.4 is 5.32 Å². The number of amides is 1. The highest BCUT2D eigenvalue weighted by atomic mass is 32.2. The average molecular weight is 384 g/mol. The van der Waals surface area contributed by atoms with Crippen LogP contribution in [0.4, 0.5) is 5.69 Å². The number of furan rings is 1. The van der Waals surface area contributed by atoms with E-state index in [2.05, 4.69) is 22.4 Å². The summed E-state index contributed by atoms with van der Waals surface area (Å²) in [4.78, 5) is 23.5. The van der Waals surface area contributed by atoms with Gasteiger partial charge in [0.25, 0.3) is 0 Å². The smallest absolute Gasteiger partial charge is 0.234 e. The molecule has 0 unspecified atom stereocenters. The number of ketones is 1. The second kappa shape index (κ2) is 8.68. The fourth-order valence-corrected chi connectivity index (χ4v) is 3.29. The highest BCUT2D eigenvalue weighted by Crippen LogP contribution is 2.25. The number of carbonyl (C=O) groups is 2. The molecule has 0 aliphatic rings. The Balaban J connectivity index is 1.64. The first-order chi connectivity index (χ1) is 13.1. The molecule has 0 radical (unpaired) electrons. The van der Waals surface area contributed by atoms with Gasteiger partial charge in [0.05, 0.1) is 12.0 Å². The topological polar surface area (TPSA) is 90.0 Å². The monoisotopic (exact) mass is 384 g/mol. The van der Waals surface area contributed by atoms with Crippen molar-refractivity contribution in [1.29, 1.82) is 0 Å². The predicted octanol–water partition coefficient (Wildman–Crippen LogP) is 3.88. The summed E-state index contributed by atoms with van der Waals surface area (Å²) < 4.78 is 7.37. The van der Waals surface area contributed by atoms with Crippen LogP contribution in [0, 0.1) is 0 Å². The van der Waals surface area contributed by atoms with E-state index in [0.29, 0.717) is 28.0 Å².